The minimum Gasteiger partial charge on any atom is -0.394 e. The van der Waals surface area contributed by atoms with Gasteiger partial charge < -0.3 is 4.84 Å². The molecule has 1 atom stereocenters. The van der Waals surface area contributed by atoms with E-state index in [1.54, 1.807) is 18.2 Å². The summed E-state index contributed by atoms with van der Waals surface area (Å²) in [6.45, 7) is -0.720. The Morgan fingerprint density at radius 1 is 1.15 bits per heavy atom. The largest absolute Gasteiger partial charge is 0.407 e. The van der Waals surface area contributed by atoms with Crippen LogP contribution in [0, 0.1) is 3.57 Å². The summed E-state index contributed by atoms with van der Waals surface area (Å²) in [5.74, 6) is 0. The van der Waals surface area contributed by atoms with Gasteiger partial charge in [0.05, 0.1) is 15.1 Å². The monoisotopic (exact) mass is 597 g/mol. The van der Waals surface area contributed by atoms with E-state index >= 15 is 0 Å². The predicted molar refractivity (Wildman–Crippen MR) is 109 cm³/mol. The Balaban J connectivity index is 2.31. The number of oxime groups is 1. The quantitative estimate of drug-likeness (QED) is 0.264. The van der Waals surface area contributed by atoms with Gasteiger partial charge in [-0.2, -0.15) is 13.2 Å². The lowest BCUT2D eigenvalue weighted by atomic mass is 9.74. The molecule has 3 rings (SSSR count). The molecule has 0 radical (unpaired) electrons. The van der Waals surface area contributed by atoms with Crippen LogP contribution in [0.1, 0.15) is 11.1 Å². The molecule has 2 aromatic carbocycles. The number of hydrogen-bond acceptors (Lipinski definition) is 2. The highest BCUT2D eigenvalue weighted by Gasteiger charge is 2.63. The van der Waals surface area contributed by atoms with E-state index in [1.807, 2.05) is 22.6 Å². The topological polar surface area (TPSA) is 21.6 Å². The van der Waals surface area contributed by atoms with Crippen molar-refractivity contribution in [3.63, 3.8) is 0 Å². The summed E-state index contributed by atoms with van der Waals surface area (Å²) in [5.41, 5.74) is -2.66. The summed E-state index contributed by atoms with van der Waals surface area (Å²) in [4.78, 5) is 4.94. The van der Waals surface area contributed by atoms with E-state index in [0.717, 1.165) is 12.1 Å². The van der Waals surface area contributed by atoms with Crippen molar-refractivity contribution in [2.75, 3.05) is 6.61 Å². The van der Waals surface area contributed by atoms with Gasteiger partial charge in [0.1, 0.15) is 12.3 Å². The Morgan fingerprint density at radius 2 is 1.77 bits per heavy atom. The summed E-state index contributed by atoms with van der Waals surface area (Å²) >= 11 is 23.2. The summed E-state index contributed by atoms with van der Waals surface area (Å²) in [6.07, 6.45) is -4.71. The summed E-state index contributed by atoms with van der Waals surface area (Å²) < 4.78 is 44.2. The number of benzene rings is 2. The molecule has 0 N–H and O–H groups in total. The molecule has 1 unspecified atom stereocenters. The second-order valence-electron chi connectivity index (χ2n) is 5.47. The molecule has 0 amide bonds. The lowest BCUT2D eigenvalue weighted by Crippen LogP contribution is -2.50. The van der Waals surface area contributed by atoms with Crippen LogP contribution >= 0.6 is 73.3 Å². The average molecular weight is 599 g/mol. The maximum absolute atomic E-state index is 14.3. The van der Waals surface area contributed by atoms with Gasteiger partial charge in [-0.3, -0.25) is 0 Å². The molecule has 0 aromatic heterocycles. The van der Waals surface area contributed by atoms with Crippen LogP contribution in [0.3, 0.4) is 0 Å². The molecule has 2 nitrogen and oxygen atoms in total. The van der Waals surface area contributed by atoms with Gasteiger partial charge in [-0.15, -0.1) is 0 Å². The second-order valence-corrected chi connectivity index (χ2v) is 8.60. The molecule has 1 heterocycles. The van der Waals surface area contributed by atoms with Crippen LogP contribution in [0.25, 0.3) is 0 Å². The zero-order valence-corrected chi connectivity index (χ0v) is 18.5. The molecule has 0 saturated carbocycles. The van der Waals surface area contributed by atoms with Crippen LogP contribution in [-0.4, -0.2) is 18.5 Å². The first-order valence-corrected chi connectivity index (χ1v) is 9.96. The number of nitrogens with zero attached hydrogens (tertiary/aromatic N) is 1. The highest BCUT2D eigenvalue weighted by Crippen LogP contribution is 2.49. The fourth-order valence-corrected chi connectivity index (χ4v) is 4.28. The van der Waals surface area contributed by atoms with E-state index in [9.17, 15) is 13.2 Å². The standard InChI is InChI=1S/C16H7BrCl3F3INO/c17-9-3-1-2-8(13(9)24)14-15(6-26-25-14,16(21,22)23)7-4-10(18)12(20)11(19)5-7/h1-5H,6H2. The Bertz CT molecular complexity index is 899. The van der Waals surface area contributed by atoms with Crippen molar-refractivity contribution in [1.82, 2.24) is 0 Å². The molecule has 0 fully saturated rings. The molecule has 10 heteroatoms. The van der Waals surface area contributed by atoms with Crippen LogP contribution in [-0.2, 0) is 10.3 Å². The van der Waals surface area contributed by atoms with Crippen LogP contribution in [0.2, 0.25) is 15.1 Å². The van der Waals surface area contributed by atoms with Crippen molar-refractivity contribution in [1.29, 1.82) is 0 Å². The van der Waals surface area contributed by atoms with Gasteiger partial charge in [0.15, 0.2) is 5.41 Å². The molecule has 138 valence electrons. The Hall–Kier alpha value is -0.220. The molecule has 0 saturated heterocycles. The van der Waals surface area contributed by atoms with E-state index in [0.29, 0.717) is 13.6 Å². The highest BCUT2D eigenvalue weighted by molar-refractivity contribution is 14.1. The summed E-state index contributed by atoms with van der Waals surface area (Å²) in [6, 6.07) is 7.22. The number of hydrogen-bond donors (Lipinski definition) is 0. The first kappa shape index (κ1) is 20.5. The van der Waals surface area contributed by atoms with Crippen LogP contribution in [0.15, 0.2) is 40.0 Å². The molecule has 0 spiro atoms. The average Bonchev–Trinajstić information content (AvgIpc) is 3.00. The highest BCUT2D eigenvalue weighted by atomic mass is 127. The molecule has 0 bridgehead atoms. The fraction of sp³-hybridized carbons (Fsp3) is 0.188. The molecule has 1 aliphatic rings. The second kappa shape index (κ2) is 7.31. The Morgan fingerprint density at radius 3 is 2.35 bits per heavy atom. The first-order chi connectivity index (χ1) is 12.1. The lowest BCUT2D eigenvalue weighted by molar-refractivity contribution is -0.176. The van der Waals surface area contributed by atoms with E-state index in [2.05, 4.69) is 21.1 Å². The van der Waals surface area contributed by atoms with Gasteiger partial charge in [-0.05, 0) is 62.3 Å². The third kappa shape index (κ3) is 3.23. The number of rotatable bonds is 2. The van der Waals surface area contributed by atoms with Gasteiger partial charge in [-0.25, -0.2) is 0 Å². The minimum atomic E-state index is -4.71. The lowest BCUT2D eigenvalue weighted by Gasteiger charge is -2.32. The third-order valence-corrected chi connectivity index (χ3v) is 7.77. The van der Waals surface area contributed by atoms with Gasteiger partial charge in [0.25, 0.3) is 0 Å². The smallest absolute Gasteiger partial charge is 0.394 e. The summed E-state index contributed by atoms with van der Waals surface area (Å²) in [5, 5.41) is 3.58. The van der Waals surface area contributed by atoms with Gasteiger partial charge in [-0.1, -0.05) is 52.1 Å². The van der Waals surface area contributed by atoms with E-state index in [-0.39, 0.29) is 26.3 Å². The van der Waals surface area contributed by atoms with Crippen molar-refractivity contribution in [3.05, 3.63) is 64.6 Å². The Labute approximate surface area is 183 Å². The molecule has 2 aromatic rings. The summed E-state index contributed by atoms with van der Waals surface area (Å²) in [7, 11) is 0. The number of halogens is 8. The third-order valence-electron chi connectivity index (χ3n) is 4.01. The van der Waals surface area contributed by atoms with Crippen LogP contribution in [0.4, 0.5) is 13.2 Å². The van der Waals surface area contributed by atoms with E-state index in [4.69, 9.17) is 39.6 Å². The van der Waals surface area contributed by atoms with Crippen molar-refractivity contribution in [2.24, 2.45) is 5.16 Å². The van der Waals surface area contributed by atoms with Crippen LogP contribution in [0.5, 0.6) is 0 Å². The molecule has 1 aliphatic heterocycles. The van der Waals surface area contributed by atoms with E-state index < -0.39 is 18.2 Å². The van der Waals surface area contributed by atoms with Crippen molar-refractivity contribution >= 4 is 79.0 Å². The maximum Gasteiger partial charge on any atom is 0.407 e. The zero-order chi connectivity index (χ0) is 19.3. The van der Waals surface area contributed by atoms with E-state index in [1.165, 1.54) is 0 Å². The SMILES string of the molecule is FC(F)(F)C1(c2cc(Cl)c(Cl)c(Cl)c2)CON=C1c1cccc(Br)c1I. The van der Waals surface area contributed by atoms with Gasteiger partial charge in [0, 0.05) is 13.6 Å². The fourth-order valence-electron chi connectivity index (χ4n) is 2.71. The molecular weight excluding hydrogens is 592 g/mol. The normalized spacial score (nSPS) is 20.1. The molecular formula is C16H7BrCl3F3INO. The first-order valence-electron chi connectivity index (χ1n) is 6.96. The van der Waals surface area contributed by atoms with Crippen molar-refractivity contribution < 1.29 is 18.0 Å². The van der Waals surface area contributed by atoms with Crippen molar-refractivity contribution in [3.8, 4) is 0 Å². The minimum absolute atomic E-state index is 0.0103. The maximum atomic E-state index is 14.3. The van der Waals surface area contributed by atoms with Crippen LogP contribution < -0.4 is 0 Å². The predicted octanol–water partition coefficient (Wildman–Crippen LogP) is 7.25. The molecule has 26 heavy (non-hydrogen) atoms. The van der Waals surface area contributed by atoms with Crippen molar-refractivity contribution in [2.45, 2.75) is 11.6 Å². The van der Waals surface area contributed by atoms with Gasteiger partial charge in [0.2, 0.25) is 0 Å². The molecule has 0 aliphatic carbocycles. The number of alkyl halides is 3. The van der Waals surface area contributed by atoms with Gasteiger partial charge >= 0.3 is 6.18 Å². The zero-order valence-electron chi connectivity index (χ0n) is 12.5. The Kier molecular flexibility index (Phi) is 5.77.